The molecule has 3 heterocycles. The maximum Gasteiger partial charge on any atom is 0.230 e. The molecule has 0 saturated carbocycles. The second-order valence-corrected chi connectivity index (χ2v) is 9.10. The molecule has 1 aromatic carbocycles. The average Bonchev–Trinajstić information content (AvgIpc) is 2.98. The molecule has 162 valence electrons. The van der Waals surface area contributed by atoms with E-state index in [0.717, 1.165) is 86.7 Å². The van der Waals surface area contributed by atoms with Crippen LogP contribution in [0.15, 0.2) is 46.2 Å². The van der Waals surface area contributed by atoms with Crippen molar-refractivity contribution in [2.24, 2.45) is 10.9 Å². The highest BCUT2D eigenvalue weighted by Crippen LogP contribution is 2.33. The van der Waals surface area contributed by atoms with E-state index >= 15 is 0 Å². The predicted molar refractivity (Wildman–Crippen MR) is 125 cm³/mol. The van der Waals surface area contributed by atoms with Gasteiger partial charge in [0, 0.05) is 48.0 Å². The Kier molecular flexibility index (Phi) is 6.77. The van der Waals surface area contributed by atoms with E-state index < -0.39 is 0 Å². The van der Waals surface area contributed by atoms with Crippen molar-refractivity contribution in [3.05, 3.63) is 51.8 Å². The molecular weight excluding hydrogens is 408 g/mol. The number of hydrogen-bond donors (Lipinski definition) is 0. The van der Waals surface area contributed by atoms with Gasteiger partial charge in [0.1, 0.15) is 5.82 Å². The van der Waals surface area contributed by atoms with Crippen LogP contribution in [-0.4, -0.2) is 36.7 Å². The molecule has 3 aliphatic heterocycles. The van der Waals surface area contributed by atoms with Gasteiger partial charge in [-0.3, -0.25) is 4.79 Å². The van der Waals surface area contributed by atoms with Gasteiger partial charge in [-0.15, -0.1) is 0 Å². The molecule has 31 heavy (non-hydrogen) atoms. The van der Waals surface area contributed by atoms with E-state index in [-0.39, 0.29) is 11.8 Å². The van der Waals surface area contributed by atoms with Crippen molar-refractivity contribution in [2.45, 2.75) is 51.9 Å². The lowest BCUT2D eigenvalue weighted by molar-refractivity contribution is -0.123. The fourth-order valence-electron chi connectivity index (χ4n) is 4.78. The number of likely N-dealkylation sites (tertiary alicyclic amines) is 1. The second kappa shape index (κ2) is 9.70. The average molecular weight is 437 g/mol. The van der Waals surface area contributed by atoms with Gasteiger partial charge in [-0.1, -0.05) is 11.6 Å². The summed E-state index contributed by atoms with van der Waals surface area (Å²) in [6.07, 6.45) is 9.92. The van der Waals surface area contributed by atoms with Crippen LogP contribution in [0, 0.1) is 17.2 Å². The molecule has 1 saturated heterocycles. The summed E-state index contributed by atoms with van der Waals surface area (Å²) in [5.74, 6) is 1.30. The third-order valence-electron chi connectivity index (χ3n) is 6.59. The summed E-state index contributed by atoms with van der Waals surface area (Å²) in [7, 11) is 0. The van der Waals surface area contributed by atoms with Crippen molar-refractivity contribution in [1.82, 2.24) is 4.90 Å². The number of nitrogens with zero attached hydrogens (tertiary/aromatic N) is 4. The highest BCUT2D eigenvalue weighted by atomic mass is 35.5. The lowest BCUT2D eigenvalue weighted by Crippen LogP contribution is -2.43. The van der Waals surface area contributed by atoms with Crippen molar-refractivity contribution >= 4 is 29.4 Å². The maximum atomic E-state index is 13.5. The number of allylic oxidation sites excluding steroid dienone is 3. The van der Waals surface area contributed by atoms with E-state index in [1.807, 2.05) is 29.2 Å². The Bertz CT molecular complexity index is 980. The Hall–Kier alpha value is -2.58. The van der Waals surface area contributed by atoms with Crippen molar-refractivity contribution in [2.75, 3.05) is 24.5 Å². The quantitative estimate of drug-likeness (QED) is 0.634. The predicted octanol–water partition coefficient (Wildman–Crippen LogP) is 5.27. The normalized spacial score (nSPS) is 20.4. The van der Waals surface area contributed by atoms with E-state index in [2.05, 4.69) is 22.9 Å². The number of hydrogen-bond acceptors (Lipinski definition) is 4. The number of benzene rings is 1. The molecule has 0 N–H and O–H groups in total. The number of carbonyl (C=O) groups excluding carboxylic acids is 1. The minimum absolute atomic E-state index is 0.0430. The van der Waals surface area contributed by atoms with Gasteiger partial charge in [-0.2, -0.15) is 5.26 Å². The number of rotatable bonds is 2. The van der Waals surface area contributed by atoms with Gasteiger partial charge in [-0.25, -0.2) is 4.99 Å². The smallest absolute Gasteiger partial charge is 0.230 e. The molecule has 0 spiro atoms. The highest BCUT2D eigenvalue weighted by molar-refractivity contribution is 6.30. The summed E-state index contributed by atoms with van der Waals surface area (Å²) in [5.41, 5.74) is 4.20. The van der Waals surface area contributed by atoms with Crippen LogP contribution in [0.4, 0.5) is 5.69 Å². The van der Waals surface area contributed by atoms with Crippen LogP contribution in [0.1, 0.15) is 51.0 Å². The first-order valence-corrected chi connectivity index (χ1v) is 11.6. The molecular formula is C25H29ClN4O. The van der Waals surface area contributed by atoms with Crippen LogP contribution in [0.2, 0.25) is 5.02 Å². The first-order chi connectivity index (χ1) is 15.1. The Labute approximate surface area is 189 Å². The van der Waals surface area contributed by atoms with E-state index in [1.165, 1.54) is 11.1 Å². The highest BCUT2D eigenvalue weighted by Gasteiger charge is 2.31. The standard InChI is InChI=1S/C25H29ClN4O/c1-18-5-6-19(17-27)9-12-28-24(18)29-14-10-20(11-15-29)25(31)30-13-3-2-4-21-16-22(26)7-8-23(21)30/h7-9,12,16,20H,2-6,10-11,13-15H2,1H3. The van der Waals surface area contributed by atoms with E-state index in [9.17, 15) is 4.79 Å². The summed E-state index contributed by atoms with van der Waals surface area (Å²) in [6.45, 7) is 4.55. The largest absolute Gasteiger partial charge is 0.357 e. The third kappa shape index (κ3) is 4.85. The molecule has 1 fully saturated rings. The summed E-state index contributed by atoms with van der Waals surface area (Å²) >= 11 is 6.20. The molecule has 1 aromatic rings. The molecule has 0 atom stereocenters. The van der Waals surface area contributed by atoms with Gasteiger partial charge in [0.15, 0.2) is 0 Å². The van der Waals surface area contributed by atoms with E-state index in [4.69, 9.17) is 16.9 Å². The second-order valence-electron chi connectivity index (χ2n) is 8.67. The number of carbonyl (C=O) groups is 1. The van der Waals surface area contributed by atoms with Crippen LogP contribution < -0.4 is 4.90 Å². The number of aliphatic imine (C=N–C) groups is 1. The van der Waals surface area contributed by atoms with Crippen molar-refractivity contribution in [3.63, 3.8) is 0 Å². The van der Waals surface area contributed by atoms with Gasteiger partial charge in [0.05, 0.1) is 6.07 Å². The summed E-state index contributed by atoms with van der Waals surface area (Å²) < 4.78 is 0. The minimum atomic E-state index is 0.0430. The van der Waals surface area contributed by atoms with E-state index in [1.54, 1.807) is 6.21 Å². The first-order valence-electron chi connectivity index (χ1n) is 11.2. The molecule has 1 amide bonds. The first kappa shape index (κ1) is 21.6. The number of piperidine rings is 1. The van der Waals surface area contributed by atoms with Crippen LogP contribution in [0.5, 0.6) is 0 Å². The Morgan fingerprint density at radius 1 is 1.16 bits per heavy atom. The fraction of sp³-hybridized carbons (Fsp3) is 0.480. The van der Waals surface area contributed by atoms with Crippen LogP contribution in [0.3, 0.4) is 0 Å². The molecule has 3 aliphatic rings. The summed E-state index contributed by atoms with van der Waals surface area (Å²) in [4.78, 5) is 22.4. The topological polar surface area (TPSA) is 59.7 Å². The van der Waals surface area contributed by atoms with Crippen LogP contribution >= 0.6 is 11.6 Å². The monoisotopic (exact) mass is 436 g/mol. The number of amides is 1. The molecule has 0 radical (unpaired) electrons. The Morgan fingerprint density at radius 2 is 1.97 bits per heavy atom. The summed E-state index contributed by atoms with van der Waals surface area (Å²) in [5, 5.41) is 9.88. The molecule has 5 nitrogen and oxygen atoms in total. The van der Waals surface area contributed by atoms with Gasteiger partial charge in [0.2, 0.25) is 5.91 Å². The van der Waals surface area contributed by atoms with Gasteiger partial charge in [0.25, 0.3) is 0 Å². The minimum Gasteiger partial charge on any atom is -0.357 e. The zero-order valence-electron chi connectivity index (χ0n) is 18.1. The number of fused-ring (bicyclic) bond motifs is 1. The van der Waals surface area contributed by atoms with E-state index in [0.29, 0.717) is 0 Å². The molecule has 6 heteroatoms. The SMILES string of the molecule is CC1=C(N2CCC(C(=O)N3CCCCc4cc(Cl)ccc43)CC2)N=CC=C(C#N)CC1. The lowest BCUT2D eigenvalue weighted by Gasteiger charge is -2.36. The van der Waals surface area contributed by atoms with Gasteiger partial charge >= 0.3 is 0 Å². The molecule has 0 unspecified atom stereocenters. The summed E-state index contributed by atoms with van der Waals surface area (Å²) in [6, 6.07) is 8.15. The number of aryl methyl sites for hydroxylation is 1. The van der Waals surface area contributed by atoms with Crippen molar-refractivity contribution in [1.29, 1.82) is 5.26 Å². The Balaban J connectivity index is 1.45. The lowest BCUT2D eigenvalue weighted by atomic mass is 9.94. The number of anilines is 1. The van der Waals surface area contributed by atoms with Gasteiger partial charge < -0.3 is 9.80 Å². The fourth-order valence-corrected chi connectivity index (χ4v) is 4.98. The molecule has 4 rings (SSSR count). The molecule has 0 aromatic heterocycles. The zero-order chi connectivity index (χ0) is 21.8. The third-order valence-corrected chi connectivity index (χ3v) is 6.82. The zero-order valence-corrected chi connectivity index (χ0v) is 18.9. The van der Waals surface area contributed by atoms with Crippen LogP contribution in [0.25, 0.3) is 0 Å². The van der Waals surface area contributed by atoms with Crippen LogP contribution in [-0.2, 0) is 11.2 Å². The van der Waals surface area contributed by atoms with Crippen molar-refractivity contribution < 1.29 is 4.79 Å². The maximum absolute atomic E-state index is 13.5. The number of nitriles is 1. The number of halogens is 1. The Morgan fingerprint density at radius 3 is 2.74 bits per heavy atom. The molecule has 0 bridgehead atoms. The van der Waals surface area contributed by atoms with Crippen molar-refractivity contribution in [3.8, 4) is 6.07 Å². The molecule has 0 aliphatic carbocycles. The van der Waals surface area contributed by atoms with Gasteiger partial charge in [-0.05, 0) is 87.3 Å².